The monoisotopic (exact) mass is 354 g/mol. The zero-order valence-corrected chi connectivity index (χ0v) is 13.7. The Kier molecular flexibility index (Phi) is 4.74. The molecule has 2 N–H and O–H groups in total. The number of aliphatic hydroxyl groups is 1. The van der Waals surface area contributed by atoms with Crippen molar-refractivity contribution < 1.29 is 19.4 Å². The van der Waals surface area contributed by atoms with Crippen molar-refractivity contribution in [3.05, 3.63) is 34.5 Å². The molecular weight excluding hydrogens is 336 g/mol. The maximum atomic E-state index is 11.5. The van der Waals surface area contributed by atoms with E-state index in [2.05, 4.69) is 15.9 Å². The van der Waals surface area contributed by atoms with Crippen LogP contribution in [0.1, 0.15) is 38.9 Å². The van der Waals surface area contributed by atoms with Crippen LogP contribution in [-0.2, 0) is 10.4 Å². The lowest BCUT2D eigenvalue weighted by Crippen LogP contribution is -2.37. The minimum Gasteiger partial charge on any atom is -0.481 e. The first-order valence-corrected chi connectivity index (χ1v) is 7.80. The molecule has 0 fully saturated rings. The molecule has 2 atom stereocenters. The number of carboxylic acid groups (broad SMARTS) is 1. The van der Waals surface area contributed by atoms with E-state index in [4.69, 9.17) is 4.42 Å². The molecule has 0 radical (unpaired) electrons. The van der Waals surface area contributed by atoms with E-state index in [0.29, 0.717) is 17.8 Å². The first-order valence-electron chi connectivity index (χ1n) is 7.01. The molecule has 2 rings (SSSR count). The summed E-state index contributed by atoms with van der Waals surface area (Å²) in [4.78, 5) is 11.5. The molecule has 114 valence electrons. The number of halogens is 1. The highest BCUT2D eigenvalue weighted by molar-refractivity contribution is 9.10. The van der Waals surface area contributed by atoms with Gasteiger partial charge >= 0.3 is 5.97 Å². The van der Waals surface area contributed by atoms with Gasteiger partial charge in [0.2, 0.25) is 0 Å². The molecule has 21 heavy (non-hydrogen) atoms. The molecule has 1 aromatic heterocycles. The second kappa shape index (κ2) is 6.20. The number of rotatable bonds is 6. The molecule has 0 aliphatic rings. The standard InChI is InChI=1S/C16H19BrO4/c1-3-4-5-12(15(18)19)16(2,20)14-9-10-8-11(17)6-7-13(10)21-14/h6-9,12,20H,3-5H2,1-2H3,(H,18,19). The van der Waals surface area contributed by atoms with Crippen molar-refractivity contribution in [2.75, 3.05) is 0 Å². The largest absolute Gasteiger partial charge is 0.481 e. The van der Waals surface area contributed by atoms with E-state index in [1.807, 2.05) is 19.1 Å². The summed E-state index contributed by atoms with van der Waals surface area (Å²) in [5.74, 6) is -1.60. The Balaban J connectivity index is 2.40. The van der Waals surface area contributed by atoms with Gasteiger partial charge in [-0.25, -0.2) is 0 Å². The smallest absolute Gasteiger partial charge is 0.309 e. The minimum atomic E-state index is -1.54. The number of aliphatic carboxylic acids is 1. The fourth-order valence-corrected chi connectivity index (χ4v) is 2.87. The highest BCUT2D eigenvalue weighted by atomic mass is 79.9. The van der Waals surface area contributed by atoms with E-state index >= 15 is 0 Å². The quantitative estimate of drug-likeness (QED) is 0.811. The van der Waals surface area contributed by atoms with E-state index in [0.717, 1.165) is 22.7 Å². The lowest BCUT2D eigenvalue weighted by molar-refractivity contribution is -0.153. The predicted octanol–water partition coefficient (Wildman–Crippen LogP) is 4.29. The lowest BCUT2D eigenvalue weighted by atomic mass is 9.83. The molecule has 5 heteroatoms. The van der Waals surface area contributed by atoms with Crippen LogP contribution in [0.5, 0.6) is 0 Å². The number of unbranched alkanes of at least 4 members (excludes halogenated alkanes) is 1. The van der Waals surface area contributed by atoms with Gasteiger partial charge in [-0.05, 0) is 37.6 Å². The number of furan rings is 1. The first kappa shape index (κ1) is 16.0. The molecular formula is C16H19BrO4. The third-order valence-electron chi connectivity index (χ3n) is 3.80. The summed E-state index contributed by atoms with van der Waals surface area (Å²) >= 11 is 3.38. The van der Waals surface area contributed by atoms with Gasteiger partial charge in [0.25, 0.3) is 0 Å². The molecule has 0 saturated heterocycles. The lowest BCUT2D eigenvalue weighted by Gasteiger charge is -2.28. The maximum Gasteiger partial charge on any atom is 0.309 e. The van der Waals surface area contributed by atoms with E-state index in [1.54, 1.807) is 12.1 Å². The summed E-state index contributed by atoms with van der Waals surface area (Å²) in [6, 6.07) is 7.22. The average Bonchev–Trinajstić information content (AvgIpc) is 2.82. The summed E-state index contributed by atoms with van der Waals surface area (Å²) in [6.07, 6.45) is 2.05. The highest BCUT2D eigenvalue weighted by Crippen LogP contribution is 2.36. The van der Waals surface area contributed by atoms with Crippen LogP contribution >= 0.6 is 15.9 Å². The molecule has 2 aromatic rings. The number of hydrogen-bond acceptors (Lipinski definition) is 3. The summed E-state index contributed by atoms with van der Waals surface area (Å²) in [6.45, 7) is 3.50. The molecule has 0 aliphatic carbocycles. The van der Waals surface area contributed by atoms with Crippen molar-refractivity contribution in [1.29, 1.82) is 0 Å². The molecule has 4 nitrogen and oxygen atoms in total. The van der Waals surface area contributed by atoms with E-state index in [1.165, 1.54) is 6.92 Å². The van der Waals surface area contributed by atoms with E-state index in [-0.39, 0.29) is 0 Å². The predicted molar refractivity (Wildman–Crippen MR) is 84.1 cm³/mol. The van der Waals surface area contributed by atoms with Gasteiger partial charge in [-0.1, -0.05) is 35.7 Å². The molecule has 0 amide bonds. The van der Waals surface area contributed by atoms with Crippen molar-refractivity contribution in [2.45, 2.75) is 38.7 Å². The number of fused-ring (bicyclic) bond motifs is 1. The maximum absolute atomic E-state index is 11.5. The molecule has 0 saturated carbocycles. The Hall–Kier alpha value is -1.33. The van der Waals surface area contributed by atoms with Gasteiger partial charge in [-0.15, -0.1) is 0 Å². The van der Waals surface area contributed by atoms with Crippen LogP contribution in [0.25, 0.3) is 11.0 Å². The average molecular weight is 355 g/mol. The van der Waals surface area contributed by atoms with Gasteiger partial charge in [0.05, 0.1) is 5.92 Å². The molecule has 1 aromatic carbocycles. The van der Waals surface area contributed by atoms with Crippen molar-refractivity contribution >= 4 is 32.9 Å². The van der Waals surface area contributed by atoms with Crippen LogP contribution in [0.2, 0.25) is 0 Å². The van der Waals surface area contributed by atoms with Crippen LogP contribution in [0.15, 0.2) is 33.2 Å². The Morgan fingerprint density at radius 3 is 2.76 bits per heavy atom. The van der Waals surface area contributed by atoms with Crippen LogP contribution in [0, 0.1) is 5.92 Å². The number of carboxylic acids is 1. The zero-order valence-electron chi connectivity index (χ0n) is 12.1. The second-order valence-corrected chi connectivity index (χ2v) is 6.39. The van der Waals surface area contributed by atoms with Crippen molar-refractivity contribution in [1.82, 2.24) is 0 Å². The second-order valence-electron chi connectivity index (χ2n) is 5.47. The highest BCUT2D eigenvalue weighted by Gasteiger charge is 2.41. The van der Waals surface area contributed by atoms with Gasteiger partial charge in [0.1, 0.15) is 16.9 Å². The normalized spacial score (nSPS) is 15.8. The third-order valence-corrected chi connectivity index (χ3v) is 4.29. The number of benzene rings is 1. The van der Waals surface area contributed by atoms with Gasteiger partial charge in [-0.3, -0.25) is 4.79 Å². The summed E-state index contributed by atoms with van der Waals surface area (Å²) in [7, 11) is 0. The molecule has 2 unspecified atom stereocenters. The fraction of sp³-hybridized carbons (Fsp3) is 0.438. The van der Waals surface area contributed by atoms with Crippen molar-refractivity contribution in [3.63, 3.8) is 0 Å². The molecule has 0 aliphatic heterocycles. The van der Waals surface area contributed by atoms with Gasteiger partial charge in [0, 0.05) is 9.86 Å². The SMILES string of the molecule is CCCCC(C(=O)O)C(C)(O)c1cc2cc(Br)ccc2o1. The van der Waals surface area contributed by atoms with Crippen LogP contribution < -0.4 is 0 Å². The Morgan fingerprint density at radius 1 is 1.43 bits per heavy atom. The third kappa shape index (κ3) is 3.30. The topological polar surface area (TPSA) is 70.7 Å². The van der Waals surface area contributed by atoms with Gasteiger partial charge in [-0.2, -0.15) is 0 Å². The summed E-state index contributed by atoms with van der Waals surface area (Å²) in [5, 5.41) is 21.0. The van der Waals surface area contributed by atoms with E-state index < -0.39 is 17.5 Å². The minimum absolute atomic E-state index is 0.291. The summed E-state index contributed by atoms with van der Waals surface area (Å²) in [5.41, 5.74) is -0.903. The Labute approximate surface area is 131 Å². The Bertz CT molecular complexity index is 645. The summed E-state index contributed by atoms with van der Waals surface area (Å²) < 4.78 is 6.57. The van der Waals surface area contributed by atoms with Crippen molar-refractivity contribution in [3.8, 4) is 0 Å². The first-order chi connectivity index (χ1) is 9.86. The van der Waals surface area contributed by atoms with Crippen LogP contribution in [0.3, 0.4) is 0 Å². The van der Waals surface area contributed by atoms with E-state index in [9.17, 15) is 15.0 Å². The molecule has 0 spiro atoms. The Morgan fingerprint density at radius 2 is 2.14 bits per heavy atom. The van der Waals surface area contributed by atoms with Crippen LogP contribution in [-0.4, -0.2) is 16.2 Å². The fourth-order valence-electron chi connectivity index (χ4n) is 2.49. The molecule has 1 heterocycles. The number of hydrogen-bond donors (Lipinski definition) is 2. The van der Waals surface area contributed by atoms with Crippen molar-refractivity contribution in [2.24, 2.45) is 5.92 Å². The molecule has 0 bridgehead atoms. The zero-order chi connectivity index (χ0) is 15.6. The number of carbonyl (C=O) groups is 1. The van der Waals surface area contributed by atoms with Gasteiger partial charge < -0.3 is 14.6 Å². The van der Waals surface area contributed by atoms with Crippen LogP contribution in [0.4, 0.5) is 0 Å². The van der Waals surface area contributed by atoms with Gasteiger partial charge in [0.15, 0.2) is 0 Å².